The Labute approximate surface area is 83.3 Å². The number of benzene rings is 1. The Morgan fingerprint density at radius 1 is 1.36 bits per heavy atom. The van der Waals surface area contributed by atoms with E-state index >= 15 is 0 Å². The molecule has 3 nitrogen and oxygen atoms in total. The Morgan fingerprint density at radius 3 is 2.86 bits per heavy atom. The van der Waals surface area contributed by atoms with E-state index in [0.717, 1.165) is 11.0 Å². The number of hydrogen-bond acceptors (Lipinski definition) is 2. The van der Waals surface area contributed by atoms with E-state index in [9.17, 15) is 0 Å². The molecule has 14 heavy (non-hydrogen) atoms. The quantitative estimate of drug-likeness (QED) is 0.759. The van der Waals surface area contributed by atoms with Crippen LogP contribution in [0.4, 0.5) is 0 Å². The average molecular weight is 189 g/mol. The molecule has 0 aliphatic rings. The second-order valence-corrected chi connectivity index (χ2v) is 3.83. The van der Waals surface area contributed by atoms with E-state index in [1.807, 2.05) is 13.0 Å². The summed E-state index contributed by atoms with van der Waals surface area (Å²) in [6.45, 7) is 4.17. The summed E-state index contributed by atoms with van der Waals surface area (Å²) in [4.78, 5) is 7.28. The number of H-pyrrole nitrogens is 1. The van der Waals surface area contributed by atoms with Crippen molar-refractivity contribution in [1.82, 2.24) is 9.97 Å². The third kappa shape index (κ3) is 1.51. The molecule has 3 N–H and O–H groups in total. The SMILES string of the molecule is CC(N)C(C)c1ccc2nc[nH]c2c1. The van der Waals surface area contributed by atoms with Gasteiger partial charge in [0.25, 0.3) is 0 Å². The van der Waals surface area contributed by atoms with Crippen LogP contribution in [-0.2, 0) is 0 Å². The molecule has 0 amide bonds. The first-order valence-corrected chi connectivity index (χ1v) is 4.87. The maximum Gasteiger partial charge on any atom is 0.0931 e. The predicted molar refractivity (Wildman–Crippen MR) is 58.2 cm³/mol. The first-order chi connectivity index (χ1) is 6.68. The van der Waals surface area contributed by atoms with Crippen molar-refractivity contribution >= 4 is 11.0 Å². The summed E-state index contributed by atoms with van der Waals surface area (Å²) < 4.78 is 0. The van der Waals surface area contributed by atoms with Gasteiger partial charge in [0.1, 0.15) is 0 Å². The smallest absolute Gasteiger partial charge is 0.0931 e. The van der Waals surface area contributed by atoms with Gasteiger partial charge < -0.3 is 10.7 Å². The van der Waals surface area contributed by atoms with Crippen LogP contribution in [0.1, 0.15) is 25.3 Å². The highest BCUT2D eigenvalue weighted by molar-refractivity contribution is 5.75. The highest BCUT2D eigenvalue weighted by atomic mass is 14.9. The van der Waals surface area contributed by atoms with Crippen molar-refractivity contribution in [1.29, 1.82) is 0 Å². The number of nitrogens with one attached hydrogen (secondary N) is 1. The molecule has 1 aromatic carbocycles. The molecule has 74 valence electrons. The topological polar surface area (TPSA) is 54.7 Å². The zero-order chi connectivity index (χ0) is 10.1. The first kappa shape index (κ1) is 9.21. The van der Waals surface area contributed by atoms with Crippen molar-refractivity contribution in [3.63, 3.8) is 0 Å². The van der Waals surface area contributed by atoms with Gasteiger partial charge in [-0.15, -0.1) is 0 Å². The van der Waals surface area contributed by atoms with Crippen molar-refractivity contribution in [3.8, 4) is 0 Å². The van der Waals surface area contributed by atoms with Crippen molar-refractivity contribution in [3.05, 3.63) is 30.1 Å². The zero-order valence-electron chi connectivity index (χ0n) is 8.49. The molecule has 0 aliphatic heterocycles. The monoisotopic (exact) mass is 189 g/mol. The summed E-state index contributed by atoms with van der Waals surface area (Å²) >= 11 is 0. The minimum Gasteiger partial charge on any atom is -0.345 e. The maximum absolute atomic E-state index is 5.86. The summed E-state index contributed by atoms with van der Waals surface area (Å²) in [5, 5.41) is 0. The fraction of sp³-hybridized carbons (Fsp3) is 0.364. The summed E-state index contributed by atoms with van der Waals surface area (Å²) in [6, 6.07) is 6.42. The number of aromatic amines is 1. The number of fused-ring (bicyclic) bond motifs is 1. The van der Waals surface area contributed by atoms with Gasteiger partial charge in [-0.3, -0.25) is 0 Å². The summed E-state index contributed by atoms with van der Waals surface area (Å²) in [7, 11) is 0. The lowest BCUT2D eigenvalue weighted by Crippen LogP contribution is -2.22. The van der Waals surface area contributed by atoms with Gasteiger partial charge in [0.15, 0.2) is 0 Å². The number of rotatable bonds is 2. The van der Waals surface area contributed by atoms with E-state index in [0.29, 0.717) is 5.92 Å². The van der Waals surface area contributed by atoms with Crippen molar-refractivity contribution < 1.29 is 0 Å². The van der Waals surface area contributed by atoms with Gasteiger partial charge in [0.05, 0.1) is 17.4 Å². The van der Waals surface area contributed by atoms with Crippen LogP contribution < -0.4 is 5.73 Å². The van der Waals surface area contributed by atoms with Gasteiger partial charge in [0, 0.05) is 6.04 Å². The van der Waals surface area contributed by atoms with Crippen LogP contribution in [0.5, 0.6) is 0 Å². The van der Waals surface area contributed by atoms with Crippen LogP contribution in [0.25, 0.3) is 11.0 Å². The van der Waals surface area contributed by atoms with E-state index in [1.165, 1.54) is 5.56 Å². The minimum atomic E-state index is 0.176. The molecule has 0 aliphatic carbocycles. The van der Waals surface area contributed by atoms with E-state index < -0.39 is 0 Å². The van der Waals surface area contributed by atoms with E-state index in [1.54, 1.807) is 6.33 Å². The molecule has 0 saturated carbocycles. The lowest BCUT2D eigenvalue weighted by Gasteiger charge is -2.15. The second kappa shape index (κ2) is 3.42. The molecule has 3 heteroatoms. The van der Waals surface area contributed by atoms with Gasteiger partial charge >= 0.3 is 0 Å². The minimum absolute atomic E-state index is 0.176. The van der Waals surface area contributed by atoms with Crippen molar-refractivity contribution in [2.24, 2.45) is 5.73 Å². The molecule has 2 rings (SSSR count). The van der Waals surface area contributed by atoms with Gasteiger partial charge in [-0.25, -0.2) is 4.98 Å². The van der Waals surface area contributed by atoms with E-state index in [2.05, 4.69) is 29.0 Å². The van der Waals surface area contributed by atoms with Crippen LogP contribution in [-0.4, -0.2) is 16.0 Å². The summed E-state index contributed by atoms with van der Waals surface area (Å²) in [5.41, 5.74) is 9.21. The van der Waals surface area contributed by atoms with Crippen LogP contribution >= 0.6 is 0 Å². The zero-order valence-corrected chi connectivity index (χ0v) is 8.49. The lowest BCUT2D eigenvalue weighted by molar-refractivity contribution is 0.613. The van der Waals surface area contributed by atoms with Gasteiger partial charge in [-0.05, 0) is 30.5 Å². The highest BCUT2D eigenvalue weighted by Gasteiger charge is 2.10. The number of hydrogen-bond donors (Lipinski definition) is 2. The summed E-state index contributed by atoms with van der Waals surface area (Å²) in [5.74, 6) is 0.377. The number of imidazole rings is 1. The van der Waals surface area contributed by atoms with Crippen LogP contribution in [0, 0.1) is 0 Å². The largest absolute Gasteiger partial charge is 0.345 e. The average Bonchev–Trinajstić information content (AvgIpc) is 2.62. The maximum atomic E-state index is 5.86. The molecule has 0 saturated heterocycles. The van der Waals surface area contributed by atoms with Gasteiger partial charge in [0.2, 0.25) is 0 Å². The number of aromatic nitrogens is 2. The van der Waals surface area contributed by atoms with Gasteiger partial charge in [-0.2, -0.15) is 0 Å². The third-order valence-electron chi connectivity index (χ3n) is 2.76. The normalized spacial score (nSPS) is 15.6. The second-order valence-electron chi connectivity index (χ2n) is 3.83. The third-order valence-corrected chi connectivity index (χ3v) is 2.76. The molecule has 0 bridgehead atoms. The molecule has 0 spiro atoms. The van der Waals surface area contributed by atoms with Crippen LogP contribution in [0.15, 0.2) is 24.5 Å². The Balaban J connectivity index is 2.43. The molecule has 0 radical (unpaired) electrons. The van der Waals surface area contributed by atoms with Crippen molar-refractivity contribution in [2.75, 3.05) is 0 Å². The molecule has 1 heterocycles. The Hall–Kier alpha value is -1.35. The number of nitrogens with two attached hydrogens (primary N) is 1. The molecular weight excluding hydrogens is 174 g/mol. The Bertz CT molecular complexity index is 431. The highest BCUT2D eigenvalue weighted by Crippen LogP contribution is 2.21. The van der Waals surface area contributed by atoms with Crippen LogP contribution in [0.3, 0.4) is 0 Å². The molecular formula is C11H15N3. The first-order valence-electron chi connectivity index (χ1n) is 4.87. The van der Waals surface area contributed by atoms with E-state index in [4.69, 9.17) is 5.73 Å². The molecule has 2 atom stereocenters. The fourth-order valence-corrected chi connectivity index (χ4v) is 1.54. The van der Waals surface area contributed by atoms with Crippen molar-refractivity contribution in [2.45, 2.75) is 25.8 Å². The lowest BCUT2D eigenvalue weighted by atomic mass is 9.95. The fourth-order valence-electron chi connectivity index (χ4n) is 1.54. The standard InChI is InChI=1S/C11H15N3/c1-7(8(2)12)9-3-4-10-11(5-9)14-6-13-10/h3-8H,12H2,1-2H3,(H,13,14). The predicted octanol–water partition coefficient (Wildman–Crippen LogP) is 2.01. The molecule has 0 fully saturated rings. The Kier molecular flexibility index (Phi) is 2.25. The molecule has 2 aromatic rings. The molecule has 1 aromatic heterocycles. The van der Waals surface area contributed by atoms with Gasteiger partial charge in [-0.1, -0.05) is 13.0 Å². The Morgan fingerprint density at radius 2 is 2.14 bits per heavy atom. The molecule has 2 unspecified atom stereocenters. The van der Waals surface area contributed by atoms with Crippen LogP contribution in [0.2, 0.25) is 0 Å². The van der Waals surface area contributed by atoms with E-state index in [-0.39, 0.29) is 6.04 Å². The summed E-state index contributed by atoms with van der Waals surface area (Å²) in [6.07, 6.45) is 1.71. The number of nitrogens with zero attached hydrogens (tertiary/aromatic N) is 1.